The molecule has 26 heavy (non-hydrogen) atoms. The molecule has 1 fully saturated rings. The molecule has 1 aliphatic rings. The molecule has 0 N–H and O–H groups in total. The van der Waals surface area contributed by atoms with Gasteiger partial charge in [0.1, 0.15) is 12.6 Å². The lowest BCUT2D eigenvalue weighted by Crippen LogP contribution is -2.40. The Morgan fingerprint density at radius 2 is 1.69 bits per heavy atom. The molecule has 0 spiro atoms. The first-order chi connectivity index (χ1) is 12.6. The number of hydrogen-bond donors (Lipinski definition) is 0. The van der Waals surface area contributed by atoms with Crippen molar-refractivity contribution in [2.24, 2.45) is 5.92 Å². The van der Waals surface area contributed by atoms with Crippen LogP contribution in [0.5, 0.6) is 0 Å². The van der Waals surface area contributed by atoms with Gasteiger partial charge >= 0.3 is 12.1 Å². The Balaban J connectivity index is 1.81. The minimum absolute atomic E-state index is 0.153. The van der Waals surface area contributed by atoms with E-state index in [2.05, 4.69) is 0 Å². The van der Waals surface area contributed by atoms with Crippen LogP contribution in [0.4, 0.5) is 4.79 Å². The van der Waals surface area contributed by atoms with Gasteiger partial charge in [-0.25, -0.2) is 9.59 Å². The van der Waals surface area contributed by atoms with E-state index in [-0.39, 0.29) is 18.5 Å². The van der Waals surface area contributed by atoms with Crippen molar-refractivity contribution in [3.8, 4) is 0 Å². The van der Waals surface area contributed by atoms with Crippen molar-refractivity contribution in [3.63, 3.8) is 0 Å². The summed E-state index contributed by atoms with van der Waals surface area (Å²) >= 11 is 0. The van der Waals surface area contributed by atoms with Crippen molar-refractivity contribution < 1.29 is 19.1 Å². The van der Waals surface area contributed by atoms with Crippen molar-refractivity contribution >= 4 is 12.1 Å². The number of benzene rings is 2. The molecule has 136 valence electrons. The first-order valence-electron chi connectivity index (χ1n) is 8.80. The molecule has 5 heteroatoms. The number of amides is 1. The summed E-state index contributed by atoms with van der Waals surface area (Å²) in [6.45, 7) is 4.17. The van der Waals surface area contributed by atoms with Crippen molar-refractivity contribution in [1.82, 2.24) is 4.90 Å². The zero-order chi connectivity index (χ0) is 18.5. The Morgan fingerprint density at radius 3 is 2.31 bits per heavy atom. The van der Waals surface area contributed by atoms with E-state index < -0.39 is 18.4 Å². The average Bonchev–Trinajstić information content (AvgIpc) is 2.97. The maximum absolute atomic E-state index is 12.8. The summed E-state index contributed by atoms with van der Waals surface area (Å²) in [6.07, 6.45) is -0.766. The fourth-order valence-corrected chi connectivity index (χ4v) is 3.04. The van der Waals surface area contributed by atoms with Crippen LogP contribution in [0.15, 0.2) is 60.7 Å². The van der Waals surface area contributed by atoms with Crippen molar-refractivity contribution in [2.45, 2.75) is 39.1 Å². The van der Waals surface area contributed by atoms with Crippen LogP contribution in [0, 0.1) is 5.92 Å². The molecule has 0 radical (unpaired) electrons. The molecule has 2 atom stereocenters. The molecule has 0 saturated carbocycles. The number of ether oxygens (including phenoxy) is 2. The predicted molar refractivity (Wildman–Crippen MR) is 97.0 cm³/mol. The summed E-state index contributed by atoms with van der Waals surface area (Å²) in [5.74, 6) is -0.143. The van der Waals surface area contributed by atoms with Crippen LogP contribution < -0.4 is 0 Å². The van der Waals surface area contributed by atoms with E-state index in [9.17, 15) is 9.59 Å². The van der Waals surface area contributed by atoms with E-state index in [1.54, 1.807) is 0 Å². The summed E-state index contributed by atoms with van der Waals surface area (Å²) in [4.78, 5) is 26.7. The van der Waals surface area contributed by atoms with Crippen molar-refractivity contribution in [1.29, 1.82) is 0 Å². The van der Waals surface area contributed by atoms with Gasteiger partial charge in [0, 0.05) is 5.56 Å². The number of carbonyl (C=O) groups excluding carboxylic acids is 2. The van der Waals surface area contributed by atoms with Gasteiger partial charge in [-0.3, -0.25) is 4.90 Å². The van der Waals surface area contributed by atoms with Gasteiger partial charge in [0.15, 0.2) is 0 Å². The normalized spacial score (nSPS) is 19.5. The summed E-state index contributed by atoms with van der Waals surface area (Å²) < 4.78 is 11.0. The highest BCUT2D eigenvalue weighted by molar-refractivity contribution is 5.84. The first kappa shape index (κ1) is 18.0. The molecule has 0 unspecified atom stereocenters. The molecule has 1 saturated heterocycles. The van der Waals surface area contributed by atoms with Gasteiger partial charge in [0.2, 0.25) is 6.23 Å². The predicted octanol–water partition coefficient (Wildman–Crippen LogP) is 4.30. The topological polar surface area (TPSA) is 55.8 Å². The summed E-state index contributed by atoms with van der Waals surface area (Å²) in [5, 5.41) is 0. The highest BCUT2D eigenvalue weighted by Crippen LogP contribution is 2.34. The van der Waals surface area contributed by atoms with E-state index in [0.29, 0.717) is 6.42 Å². The molecule has 1 heterocycles. The second kappa shape index (κ2) is 8.04. The lowest BCUT2D eigenvalue weighted by atomic mass is 10.0. The second-order valence-electron chi connectivity index (χ2n) is 6.79. The highest BCUT2D eigenvalue weighted by atomic mass is 16.6. The quantitative estimate of drug-likeness (QED) is 0.752. The van der Waals surface area contributed by atoms with E-state index in [4.69, 9.17) is 9.47 Å². The van der Waals surface area contributed by atoms with Crippen LogP contribution >= 0.6 is 0 Å². The summed E-state index contributed by atoms with van der Waals surface area (Å²) in [7, 11) is 0. The van der Waals surface area contributed by atoms with E-state index in [1.807, 2.05) is 74.5 Å². The van der Waals surface area contributed by atoms with E-state index >= 15 is 0 Å². The Labute approximate surface area is 153 Å². The van der Waals surface area contributed by atoms with Crippen molar-refractivity contribution in [2.75, 3.05) is 0 Å². The molecule has 5 nitrogen and oxygen atoms in total. The molecule has 0 aromatic heterocycles. The number of cyclic esters (lactones) is 1. The molecular weight excluding hydrogens is 330 g/mol. The third kappa shape index (κ3) is 4.04. The standard InChI is InChI=1S/C21H23NO4/c1-15(2)13-18-20(23)26-19(17-11-7-4-8-12-17)22(18)21(24)25-14-16-9-5-3-6-10-16/h3-12,15,18-19H,13-14H2,1-2H3/t18-,19-/m1/s1. The minimum atomic E-state index is -0.754. The number of esters is 1. The molecule has 1 amide bonds. The second-order valence-corrected chi connectivity index (χ2v) is 6.79. The maximum Gasteiger partial charge on any atom is 0.414 e. The number of nitrogens with zero attached hydrogens (tertiary/aromatic N) is 1. The highest BCUT2D eigenvalue weighted by Gasteiger charge is 2.46. The van der Waals surface area contributed by atoms with Crippen molar-refractivity contribution in [3.05, 3.63) is 71.8 Å². The van der Waals surface area contributed by atoms with Gasteiger partial charge in [-0.05, 0) is 17.9 Å². The van der Waals surface area contributed by atoms with Crippen LogP contribution in [0.1, 0.15) is 37.6 Å². The van der Waals surface area contributed by atoms with Crippen LogP contribution in [0.3, 0.4) is 0 Å². The van der Waals surface area contributed by atoms with Gasteiger partial charge < -0.3 is 9.47 Å². The van der Waals surface area contributed by atoms with Crippen LogP contribution in [-0.4, -0.2) is 23.0 Å². The van der Waals surface area contributed by atoms with Gasteiger partial charge in [0.05, 0.1) is 0 Å². The zero-order valence-corrected chi connectivity index (χ0v) is 15.0. The Morgan fingerprint density at radius 1 is 1.08 bits per heavy atom. The Kier molecular flexibility index (Phi) is 5.56. The van der Waals surface area contributed by atoms with E-state index in [0.717, 1.165) is 11.1 Å². The molecule has 2 aromatic carbocycles. The first-order valence-corrected chi connectivity index (χ1v) is 8.80. The fraction of sp³-hybridized carbons (Fsp3) is 0.333. The van der Waals surface area contributed by atoms with Gasteiger partial charge in [-0.1, -0.05) is 74.5 Å². The van der Waals surface area contributed by atoms with E-state index in [1.165, 1.54) is 4.90 Å². The summed E-state index contributed by atoms with van der Waals surface area (Å²) in [5.41, 5.74) is 1.65. The Bertz CT molecular complexity index is 745. The lowest BCUT2D eigenvalue weighted by molar-refractivity contribution is -0.143. The zero-order valence-electron chi connectivity index (χ0n) is 15.0. The molecule has 3 rings (SSSR count). The largest absolute Gasteiger partial charge is 0.444 e. The molecule has 0 aliphatic carbocycles. The third-order valence-electron chi connectivity index (χ3n) is 4.28. The monoisotopic (exact) mass is 353 g/mol. The van der Waals surface area contributed by atoms with Crippen LogP contribution in [-0.2, 0) is 20.9 Å². The third-order valence-corrected chi connectivity index (χ3v) is 4.28. The van der Waals surface area contributed by atoms with Crippen LogP contribution in [0.2, 0.25) is 0 Å². The van der Waals surface area contributed by atoms with Gasteiger partial charge in [0.25, 0.3) is 0 Å². The lowest BCUT2D eigenvalue weighted by Gasteiger charge is -2.26. The number of hydrogen-bond acceptors (Lipinski definition) is 4. The number of rotatable bonds is 5. The molecular formula is C21H23NO4. The molecule has 0 bridgehead atoms. The minimum Gasteiger partial charge on any atom is -0.444 e. The molecule has 2 aromatic rings. The summed E-state index contributed by atoms with van der Waals surface area (Å²) in [6, 6.07) is 18.1. The maximum atomic E-state index is 12.8. The fourth-order valence-electron chi connectivity index (χ4n) is 3.04. The smallest absolute Gasteiger partial charge is 0.414 e. The SMILES string of the molecule is CC(C)C[C@@H]1C(=O)O[C@H](c2ccccc2)N1C(=O)OCc1ccccc1. The van der Waals surface area contributed by atoms with Gasteiger partial charge in [-0.2, -0.15) is 0 Å². The Hall–Kier alpha value is -2.82. The number of carbonyl (C=O) groups is 2. The van der Waals surface area contributed by atoms with Gasteiger partial charge in [-0.15, -0.1) is 0 Å². The molecule has 1 aliphatic heterocycles. The average molecular weight is 353 g/mol. The van der Waals surface area contributed by atoms with Crippen LogP contribution in [0.25, 0.3) is 0 Å².